The first-order valence-electron chi connectivity index (χ1n) is 9.20. The van der Waals surface area contributed by atoms with Crippen LogP contribution in [0.15, 0.2) is 71.6 Å². The zero-order chi connectivity index (χ0) is 22.4. The van der Waals surface area contributed by atoms with E-state index in [1.165, 1.54) is 50.6 Å². The molecule has 9 heteroatoms. The van der Waals surface area contributed by atoms with Gasteiger partial charge in [0.15, 0.2) is 11.5 Å². The molecule has 0 unspecified atom stereocenters. The second-order valence-corrected chi connectivity index (χ2v) is 8.19. The summed E-state index contributed by atoms with van der Waals surface area (Å²) in [4.78, 5) is 12.5. The number of nitrogens with one attached hydrogen (secondary N) is 2. The fraction of sp³-hybridized carbons (Fsp3) is 0.136. The number of carbonyl (C=O) groups excluding carboxylic acids is 1. The first-order valence-corrected chi connectivity index (χ1v) is 10.7. The highest BCUT2D eigenvalue weighted by Crippen LogP contribution is 2.27. The van der Waals surface area contributed by atoms with E-state index in [1.54, 1.807) is 18.2 Å². The number of hydrogen-bond donors (Lipinski definition) is 2. The molecule has 0 saturated heterocycles. The molecule has 31 heavy (non-hydrogen) atoms. The first-order chi connectivity index (χ1) is 14.8. The van der Waals surface area contributed by atoms with Gasteiger partial charge in [-0.1, -0.05) is 12.1 Å². The maximum absolute atomic E-state index is 13.0. The van der Waals surface area contributed by atoms with Gasteiger partial charge in [-0.05, 0) is 60.2 Å². The molecule has 3 rings (SSSR count). The number of halogens is 1. The fourth-order valence-electron chi connectivity index (χ4n) is 2.81. The highest BCUT2D eigenvalue weighted by Gasteiger charge is 2.17. The average Bonchev–Trinajstić information content (AvgIpc) is 2.78. The molecule has 0 bridgehead atoms. The molecule has 0 atom stereocenters. The Morgan fingerprint density at radius 3 is 2.32 bits per heavy atom. The molecule has 7 nitrogen and oxygen atoms in total. The summed E-state index contributed by atoms with van der Waals surface area (Å²) in [7, 11) is -0.896. The van der Waals surface area contributed by atoms with E-state index >= 15 is 0 Å². The van der Waals surface area contributed by atoms with Crippen molar-refractivity contribution in [2.75, 3.05) is 18.9 Å². The molecule has 0 radical (unpaired) electrons. The second kappa shape index (κ2) is 9.48. The molecule has 0 aliphatic heterocycles. The number of hydrogen-bond acceptors (Lipinski definition) is 5. The van der Waals surface area contributed by atoms with Crippen molar-refractivity contribution in [1.82, 2.24) is 5.32 Å². The summed E-state index contributed by atoms with van der Waals surface area (Å²) in [6.07, 6.45) is 0. The molecule has 0 aromatic heterocycles. The van der Waals surface area contributed by atoms with E-state index in [4.69, 9.17) is 9.47 Å². The molecule has 0 fully saturated rings. The summed E-state index contributed by atoms with van der Waals surface area (Å²) < 4.78 is 51.0. The fourth-order valence-corrected chi connectivity index (χ4v) is 3.92. The lowest BCUT2D eigenvalue weighted by molar-refractivity contribution is 0.0950. The van der Waals surface area contributed by atoms with Crippen LogP contribution in [0.5, 0.6) is 11.5 Å². The van der Waals surface area contributed by atoms with Gasteiger partial charge in [-0.3, -0.25) is 9.52 Å². The Labute approximate surface area is 179 Å². The number of anilines is 1. The summed E-state index contributed by atoms with van der Waals surface area (Å²) >= 11 is 0. The van der Waals surface area contributed by atoms with Crippen LogP contribution < -0.4 is 19.5 Å². The third kappa shape index (κ3) is 5.52. The molecule has 0 aliphatic rings. The molecular weight excluding hydrogens is 423 g/mol. The summed E-state index contributed by atoms with van der Waals surface area (Å²) in [5, 5.41) is 2.75. The molecule has 2 N–H and O–H groups in total. The van der Waals surface area contributed by atoms with Gasteiger partial charge in [0.05, 0.1) is 19.1 Å². The van der Waals surface area contributed by atoms with Gasteiger partial charge < -0.3 is 14.8 Å². The molecule has 0 aliphatic carbocycles. The largest absolute Gasteiger partial charge is 0.493 e. The third-order valence-corrected chi connectivity index (χ3v) is 5.78. The minimum absolute atomic E-state index is 0.0874. The lowest BCUT2D eigenvalue weighted by Crippen LogP contribution is -2.23. The van der Waals surface area contributed by atoms with Crippen LogP contribution in [0.2, 0.25) is 0 Å². The van der Waals surface area contributed by atoms with Crippen molar-refractivity contribution >= 4 is 21.6 Å². The Balaban J connectivity index is 1.71. The zero-order valence-corrected chi connectivity index (χ0v) is 17.7. The van der Waals surface area contributed by atoms with Crippen molar-refractivity contribution < 1.29 is 27.1 Å². The number of ether oxygens (including phenoxy) is 2. The van der Waals surface area contributed by atoms with Gasteiger partial charge in [-0.2, -0.15) is 0 Å². The number of rotatable bonds is 8. The normalized spacial score (nSPS) is 10.9. The number of carbonyl (C=O) groups is 1. The van der Waals surface area contributed by atoms with Crippen LogP contribution in [0.3, 0.4) is 0 Å². The quantitative estimate of drug-likeness (QED) is 0.554. The number of methoxy groups -OCH3 is 2. The van der Waals surface area contributed by atoms with E-state index < -0.39 is 21.7 Å². The van der Waals surface area contributed by atoms with E-state index in [0.717, 1.165) is 17.7 Å². The minimum Gasteiger partial charge on any atom is -0.493 e. The van der Waals surface area contributed by atoms with Crippen LogP contribution in [-0.4, -0.2) is 28.5 Å². The van der Waals surface area contributed by atoms with Crippen LogP contribution in [0.4, 0.5) is 10.1 Å². The first kappa shape index (κ1) is 22.1. The van der Waals surface area contributed by atoms with Crippen LogP contribution in [-0.2, 0) is 16.6 Å². The molecule has 0 heterocycles. The predicted molar refractivity (Wildman–Crippen MR) is 114 cm³/mol. The van der Waals surface area contributed by atoms with Crippen molar-refractivity contribution in [3.05, 3.63) is 83.7 Å². The molecule has 0 spiro atoms. The van der Waals surface area contributed by atoms with E-state index in [1.807, 2.05) is 0 Å². The lowest BCUT2D eigenvalue weighted by atomic mass is 10.1. The standard InChI is InChI=1S/C22H21FN2O5S/c1-29-20-11-6-15(12-21(20)30-2)14-24-22(26)16-4-3-5-19(13-16)31(27,28)25-18-9-7-17(23)8-10-18/h3-13,25H,14H2,1-2H3,(H,24,26). The van der Waals surface area contributed by atoms with Gasteiger partial charge in [-0.25, -0.2) is 12.8 Å². The summed E-state index contributed by atoms with van der Waals surface area (Å²) in [5.74, 6) is 0.197. The van der Waals surface area contributed by atoms with E-state index in [2.05, 4.69) is 10.0 Å². The number of sulfonamides is 1. The SMILES string of the molecule is COc1ccc(CNC(=O)c2cccc(S(=O)(=O)Nc3ccc(F)cc3)c2)cc1OC. The molecule has 3 aromatic rings. The smallest absolute Gasteiger partial charge is 0.261 e. The van der Waals surface area contributed by atoms with Gasteiger partial charge in [-0.15, -0.1) is 0 Å². The van der Waals surface area contributed by atoms with Crippen molar-refractivity contribution in [1.29, 1.82) is 0 Å². The van der Waals surface area contributed by atoms with Gasteiger partial charge in [0, 0.05) is 17.8 Å². The highest BCUT2D eigenvalue weighted by molar-refractivity contribution is 7.92. The van der Waals surface area contributed by atoms with E-state index in [9.17, 15) is 17.6 Å². The van der Waals surface area contributed by atoms with Gasteiger partial charge >= 0.3 is 0 Å². The van der Waals surface area contributed by atoms with Crippen LogP contribution >= 0.6 is 0 Å². The van der Waals surface area contributed by atoms with Crippen LogP contribution in [0, 0.1) is 5.82 Å². The molecule has 0 saturated carbocycles. The lowest BCUT2D eigenvalue weighted by Gasteiger charge is -2.11. The maximum atomic E-state index is 13.0. The zero-order valence-electron chi connectivity index (χ0n) is 16.9. The maximum Gasteiger partial charge on any atom is 0.261 e. The summed E-state index contributed by atoms with van der Waals surface area (Å²) in [5.41, 5.74) is 1.18. The topological polar surface area (TPSA) is 93.7 Å². The van der Waals surface area contributed by atoms with Crippen LogP contribution in [0.25, 0.3) is 0 Å². The Kier molecular flexibility index (Phi) is 6.76. The highest BCUT2D eigenvalue weighted by atomic mass is 32.2. The Bertz CT molecular complexity index is 1180. The molecular formula is C22H21FN2O5S. The van der Waals surface area contributed by atoms with Crippen LogP contribution in [0.1, 0.15) is 15.9 Å². The van der Waals surface area contributed by atoms with E-state index in [-0.39, 0.29) is 22.7 Å². The van der Waals surface area contributed by atoms with Gasteiger partial charge in [0.2, 0.25) is 0 Å². The average molecular weight is 444 g/mol. The Morgan fingerprint density at radius 1 is 0.935 bits per heavy atom. The number of amides is 1. The summed E-state index contributed by atoms with van der Waals surface area (Å²) in [6, 6.07) is 15.8. The Hall–Kier alpha value is -3.59. The Morgan fingerprint density at radius 2 is 1.65 bits per heavy atom. The van der Waals surface area contributed by atoms with Gasteiger partial charge in [0.1, 0.15) is 5.82 Å². The van der Waals surface area contributed by atoms with Crippen molar-refractivity contribution in [2.45, 2.75) is 11.4 Å². The van der Waals surface area contributed by atoms with Crippen molar-refractivity contribution in [2.24, 2.45) is 0 Å². The molecule has 3 aromatic carbocycles. The van der Waals surface area contributed by atoms with Gasteiger partial charge in [0.25, 0.3) is 15.9 Å². The third-order valence-electron chi connectivity index (χ3n) is 4.40. The summed E-state index contributed by atoms with van der Waals surface area (Å²) in [6.45, 7) is 0.212. The van der Waals surface area contributed by atoms with Crippen molar-refractivity contribution in [3.63, 3.8) is 0 Å². The predicted octanol–water partition coefficient (Wildman–Crippen LogP) is 3.57. The molecule has 1 amide bonds. The van der Waals surface area contributed by atoms with Crippen molar-refractivity contribution in [3.8, 4) is 11.5 Å². The second-order valence-electron chi connectivity index (χ2n) is 6.51. The molecule has 162 valence electrons. The monoisotopic (exact) mass is 444 g/mol. The minimum atomic E-state index is -3.95. The number of benzene rings is 3. The van der Waals surface area contributed by atoms with E-state index in [0.29, 0.717) is 11.5 Å².